The molecule has 2 unspecified atom stereocenters. The predicted molar refractivity (Wildman–Crippen MR) is 127 cm³/mol. The highest BCUT2D eigenvalue weighted by molar-refractivity contribution is 7.79. The number of nitrogens with one attached hydrogen (secondary N) is 1. The lowest BCUT2D eigenvalue weighted by Gasteiger charge is -2.27. The predicted octanol–water partition coefficient (Wildman–Crippen LogP) is 2.15. The van der Waals surface area contributed by atoms with Crippen LogP contribution in [0, 0.1) is 0 Å². The quantitative estimate of drug-likeness (QED) is 0.384. The Bertz CT molecular complexity index is 1140. The molecule has 0 fully saturated rings. The van der Waals surface area contributed by atoms with E-state index in [1.165, 1.54) is 20.3 Å². The summed E-state index contributed by atoms with van der Waals surface area (Å²) < 4.78 is 31.4. The van der Waals surface area contributed by atoms with E-state index in [4.69, 9.17) is 9.47 Å². The van der Waals surface area contributed by atoms with Crippen LogP contribution >= 0.6 is 0 Å². The number of methoxy groups -OCH3 is 2. The first-order valence-electron chi connectivity index (χ1n) is 10.4. The number of anilines is 1. The number of hydrogen-bond donors (Lipinski definition) is 2. The fraction of sp³-hybridized carbons (Fsp3) is 0.348. The molecule has 182 valence electrons. The number of fused-ring (bicyclic) bond motifs is 1. The van der Waals surface area contributed by atoms with Crippen molar-refractivity contribution in [1.82, 2.24) is 9.80 Å². The van der Waals surface area contributed by atoms with Gasteiger partial charge < -0.3 is 24.2 Å². The standard InChI is InChI=1S/C23H27N3O7S/c1-25(2)13-20(27)24-16-7-5-6-15-21(16)23(29)26(22(15)28)17(10-11-34(30)31)14-8-9-18(32-3)19(12-14)33-4/h5-9,12,17H,10-11,13H2,1-4H3,(H,24,27)(H,30,31). The molecule has 3 rings (SSSR count). The number of carbonyl (C=O) groups excluding carboxylic acids is 3. The first-order valence-corrected chi connectivity index (χ1v) is 11.7. The van der Waals surface area contributed by atoms with Crippen LogP contribution in [-0.4, -0.2) is 76.9 Å². The Morgan fingerprint density at radius 2 is 1.82 bits per heavy atom. The zero-order valence-corrected chi connectivity index (χ0v) is 20.2. The van der Waals surface area contributed by atoms with Crippen LogP contribution in [0.4, 0.5) is 5.69 Å². The Kier molecular flexibility index (Phi) is 8.02. The van der Waals surface area contributed by atoms with Gasteiger partial charge in [-0.3, -0.25) is 19.3 Å². The third-order valence-electron chi connectivity index (χ3n) is 5.35. The molecule has 0 radical (unpaired) electrons. The Labute approximate surface area is 200 Å². The lowest BCUT2D eigenvalue weighted by molar-refractivity contribution is -0.116. The van der Waals surface area contributed by atoms with E-state index >= 15 is 0 Å². The van der Waals surface area contributed by atoms with E-state index < -0.39 is 28.9 Å². The van der Waals surface area contributed by atoms with Crippen LogP contribution in [0.1, 0.15) is 38.7 Å². The number of likely N-dealkylation sites (N-methyl/N-ethyl adjacent to an activating group) is 1. The van der Waals surface area contributed by atoms with E-state index in [1.807, 2.05) is 0 Å². The maximum Gasteiger partial charge on any atom is 0.264 e. The minimum Gasteiger partial charge on any atom is -0.493 e. The average molecular weight is 490 g/mol. The van der Waals surface area contributed by atoms with Crippen molar-refractivity contribution in [2.75, 3.05) is 45.9 Å². The van der Waals surface area contributed by atoms with E-state index in [1.54, 1.807) is 49.3 Å². The van der Waals surface area contributed by atoms with Gasteiger partial charge in [0.2, 0.25) is 5.91 Å². The normalized spacial score (nSPS) is 14.7. The molecule has 0 aliphatic carbocycles. The number of imide groups is 1. The third kappa shape index (κ3) is 5.27. The Morgan fingerprint density at radius 1 is 1.12 bits per heavy atom. The van der Waals surface area contributed by atoms with Crippen LogP contribution in [-0.2, 0) is 15.9 Å². The molecule has 3 amide bonds. The zero-order valence-electron chi connectivity index (χ0n) is 19.4. The van der Waals surface area contributed by atoms with E-state index in [9.17, 15) is 23.1 Å². The Morgan fingerprint density at radius 3 is 2.44 bits per heavy atom. The molecule has 0 saturated carbocycles. The molecular formula is C23H27N3O7S. The summed E-state index contributed by atoms with van der Waals surface area (Å²) in [6.07, 6.45) is 0.0480. The van der Waals surface area contributed by atoms with Crippen LogP contribution < -0.4 is 14.8 Å². The van der Waals surface area contributed by atoms with Gasteiger partial charge in [0, 0.05) is 0 Å². The molecular weight excluding hydrogens is 462 g/mol. The van der Waals surface area contributed by atoms with Gasteiger partial charge in [-0.15, -0.1) is 0 Å². The second kappa shape index (κ2) is 10.8. The monoisotopic (exact) mass is 489 g/mol. The summed E-state index contributed by atoms with van der Waals surface area (Å²) in [6, 6.07) is 8.79. The van der Waals surface area contributed by atoms with Gasteiger partial charge in [-0.1, -0.05) is 12.1 Å². The Hall–Kier alpha value is -3.28. The number of benzene rings is 2. The van der Waals surface area contributed by atoms with Crippen molar-refractivity contribution in [2.24, 2.45) is 0 Å². The molecule has 34 heavy (non-hydrogen) atoms. The van der Waals surface area contributed by atoms with Crippen molar-refractivity contribution in [3.63, 3.8) is 0 Å². The number of ether oxygens (including phenoxy) is 2. The van der Waals surface area contributed by atoms with E-state index in [0.717, 1.165) is 4.90 Å². The van der Waals surface area contributed by atoms with Crippen LogP contribution in [0.3, 0.4) is 0 Å². The summed E-state index contributed by atoms with van der Waals surface area (Å²) in [5.74, 6) is -0.771. The van der Waals surface area contributed by atoms with Crippen molar-refractivity contribution in [1.29, 1.82) is 0 Å². The molecule has 0 bridgehead atoms. The number of hydrogen-bond acceptors (Lipinski definition) is 7. The average Bonchev–Trinajstić information content (AvgIpc) is 3.04. The van der Waals surface area contributed by atoms with Crippen molar-refractivity contribution in [3.8, 4) is 11.5 Å². The van der Waals surface area contributed by atoms with Gasteiger partial charge in [-0.2, -0.15) is 0 Å². The summed E-state index contributed by atoms with van der Waals surface area (Å²) in [4.78, 5) is 41.9. The highest BCUT2D eigenvalue weighted by Crippen LogP contribution is 2.39. The van der Waals surface area contributed by atoms with Crippen molar-refractivity contribution >= 4 is 34.5 Å². The van der Waals surface area contributed by atoms with Gasteiger partial charge in [0.1, 0.15) is 0 Å². The SMILES string of the molecule is COc1ccc(C(CCS(=O)O)N2C(=O)c3cccc(NC(=O)CN(C)C)c3C2=O)cc1OC. The molecule has 1 heterocycles. The second-order valence-corrected chi connectivity index (χ2v) is 8.99. The molecule has 0 aromatic heterocycles. The Balaban J connectivity index is 2.02. The summed E-state index contributed by atoms with van der Waals surface area (Å²) in [6.45, 7) is 0.103. The second-order valence-electron chi connectivity index (χ2n) is 7.94. The topological polar surface area (TPSA) is 125 Å². The van der Waals surface area contributed by atoms with E-state index in [-0.39, 0.29) is 41.4 Å². The lowest BCUT2D eigenvalue weighted by atomic mass is 10.0. The van der Waals surface area contributed by atoms with Gasteiger partial charge in [0.25, 0.3) is 11.8 Å². The molecule has 2 aromatic rings. The van der Waals surface area contributed by atoms with Gasteiger partial charge in [0.05, 0.1) is 49.4 Å². The lowest BCUT2D eigenvalue weighted by Crippen LogP contribution is -2.35. The molecule has 0 saturated heterocycles. The summed E-state index contributed by atoms with van der Waals surface area (Å²) >= 11 is -2.13. The summed E-state index contributed by atoms with van der Waals surface area (Å²) in [7, 11) is 6.43. The maximum absolute atomic E-state index is 13.5. The molecule has 2 aromatic carbocycles. The molecule has 0 spiro atoms. The highest BCUT2D eigenvalue weighted by Gasteiger charge is 2.42. The van der Waals surface area contributed by atoms with Crippen molar-refractivity contribution < 1.29 is 32.6 Å². The molecule has 2 N–H and O–H groups in total. The number of amides is 3. The smallest absolute Gasteiger partial charge is 0.264 e. The molecule has 2 atom stereocenters. The van der Waals surface area contributed by atoms with E-state index in [2.05, 4.69) is 5.32 Å². The van der Waals surface area contributed by atoms with Crippen LogP contribution in [0.15, 0.2) is 36.4 Å². The molecule has 1 aliphatic heterocycles. The zero-order chi connectivity index (χ0) is 25.0. The van der Waals surface area contributed by atoms with Gasteiger partial charge in [0.15, 0.2) is 22.6 Å². The van der Waals surface area contributed by atoms with Crippen molar-refractivity contribution in [2.45, 2.75) is 12.5 Å². The molecule has 10 nitrogen and oxygen atoms in total. The van der Waals surface area contributed by atoms with Crippen LogP contribution in [0.2, 0.25) is 0 Å². The van der Waals surface area contributed by atoms with Gasteiger partial charge >= 0.3 is 0 Å². The minimum atomic E-state index is -2.13. The van der Waals surface area contributed by atoms with Crippen molar-refractivity contribution in [3.05, 3.63) is 53.1 Å². The van der Waals surface area contributed by atoms with Crippen LogP contribution in [0.25, 0.3) is 0 Å². The largest absolute Gasteiger partial charge is 0.493 e. The minimum absolute atomic E-state index is 0.0480. The number of carbonyl (C=O) groups is 3. The molecule has 11 heteroatoms. The number of nitrogens with zero attached hydrogens (tertiary/aromatic N) is 2. The maximum atomic E-state index is 13.5. The molecule has 1 aliphatic rings. The van der Waals surface area contributed by atoms with Crippen LogP contribution in [0.5, 0.6) is 11.5 Å². The number of rotatable bonds is 10. The first kappa shape index (κ1) is 25.3. The summed E-state index contributed by atoms with van der Waals surface area (Å²) in [5, 5.41) is 2.70. The van der Waals surface area contributed by atoms with Gasteiger partial charge in [-0.05, 0) is 50.3 Å². The highest BCUT2D eigenvalue weighted by atomic mass is 32.2. The summed E-state index contributed by atoms with van der Waals surface area (Å²) in [5.41, 5.74) is 1.02. The first-order chi connectivity index (χ1) is 16.2. The van der Waals surface area contributed by atoms with E-state index in [0.29, 0.717) is 17.1 Å². The fourth-order valence-electron chi connectivity index (χ4n) is 3.88. The van der Waals surface area contributed by atoms with Gasteiger partial charge in [-0.25, -0.2) is 4.21 Å². The third-order valence-corrected chi connectivity index (χ3v) is 5.94. The fourth-order valence-corrected chi connectivity index (χ4v) is 4.31.